The van der Waals surface area contributed by atoms with E-state index in [0.29, 0.717) is 0 Å². The van der Waals surface area contributed by atoms with Gasteiger partial charge in [0.25, 0.3) is 0 Å². The van der Waals surface area contributed by atoms with E-state index in [0.717, 1.165) is 0 Å². The van der Waals surface area contributed by atoms with Crippen LogP contribution in [0.15, 0.2) is 0 Å². The molecule has 0 aromatic heterocycles. The molecule has 2 heteroatoms. The first-order valence-corrected chi connectivity index (χ1v) is 1.73. The molecule has 1 aliphatic carbocycles. The normalized spacial score (nSPS) is 41.3. The summed E-state index contributed by atoms with van der Waals surface area (Å²) < 4.78 is 11.5. The van der Waals surface area contributed by atoms with Crippen molar-refractivity contribution >= 4 is 0 Å². The molecule has 0 heterocycles. The lowest BCUT2D eigenvalue weighted by atomic mass is 10.5. The van der Waals surface area contributed by atoms with E-state index in [4.69, 9.17) is 5.26 Å². The maximum atomic E-state index is 11.5. The van der Waals surface area contributed by atoms with E-state index >= 15 is 0 Å². The Kier molecular flexibility index (Phi) is 0.564. The van der Waals surface area contributed by atoms with Gasteiger partial charge in [-0.25, -0.2) is 4.39 Å². The second-order valence-electron chi connectivity index (χ2n) is 1.29. The molecule has 6 heavy (non-hydrogen) atoms. The van der Waals surface area contributed by atoms with Crippen LogP contribution in [0.2, 0.25) is 0 Å². The van der Waals surface area contributed by atoms with Gasteiger partial charge < -0.3 is 0 Å². The van der Waals surface area contributed by atoms with E-state index in [9.17, 15) is 4.39 Å². The van der Waals surface area contributed by atoms with Crippen LogP contribution in [0.3, 0.4) is 0 Å². The molecule has 31 valence electrons. The molecular weight excluding hydrogens is 81.0 g/mol. The summed E-state index contributed by atoms with van der Waals surface area (Å²) >= 11 is 0. The molecular formula is C4H3FN. The van der Waals surface area contributed by atoms with Crippen molar-refractivity contribution in [2.24, 2.45) is 5.92 Å². The van der Waals surface area contributed by atoms with Crippen LogP contribution in [0.4, 0.5) is 4.39 Å². The summed E-state index contributed by atoms with van der Waals surface area (Å²) in [7, 11) is 0. The fraction of sp³-hybridized carbons (Fsp3) is 0.500. The molecule has 0 amide bonds. The predicted octanol–water partition coefficient (Wildman–Crippen LogP) is 0.682. The van der Waals surface area contributed by atoms with E-state index in [-0.39, 0.29) is 5.92 Å². The van der Waals surface area contributed by atoms with E-state index in [1.807, 2.05) is 0 Å². The Balaban J connectivity index is 2.31. The predicted molar refractivity (Wildman–Crippen MR) is 18.3 cm³/mol. The standard InChI is InChI=1S/C4H3FN/c5-4-1-3(4)2-6/h1,3-4H. The first kappa shape index (κ1) is 3.60. The number of alkyl halides is 1. The number of halogens is 1. The Hall–Kier alpha value is -0.580. The fourth-order valence-corrected chi connectivity index (χ4v) is 0.248. The van der Waals surface area contributed by atoms with Gasteiger partial charge in [-0.05, 0) is 0 Å². The third kappa shape index (κ3) is 0.364. The molecule has 1 rings (SSSR count). The van der Waals surface area contributed by atoms with Crippen LogP contribution in [0.1, 0.15) is 0 Å². The minimum absolute atomic E-state index is 0.384. The summed E-state index contributed by atoms with van der Waals surface area (Å²) in [5, 5.41) is 7.86. The average Bonchev–Trinajstić information content (AvgIpc) is 2.19. The van der Waals surface area contributed by atoms with Crippen molar-refractivity contribution < 1.29 is 4.39 Å². The van der Waals surface area contributed by atoms with Gasteiger partial charge in [-0.3, -0.25) is 0 Å². The van der Waals surface area contributed by atoms with E-state index in [1.54, 1.807) is 6.07 Å². The highest BCUT2D eigenvalue weighted by atomic mass is 19.1. The smallest absolute Gasteiger partial charge is 0.121 e. The van der Waals surface area contributed by atoms with Gasteiger partial charge in [0.05, 0.1) is 12.0 Å². The van der Waals surface area contributed by atoms with Crippen molar-refractivity contribution in [3.63, 3.8) is 0 Å². The fourth-order valence-electron chi connectivity index (χ4n) is 0.248. The SMILES string of the molecule is N#CC1[CH]C1F. The summed E-state index contributed by atoms with van der Waals surface area (Å²) in [6.45, 7) is 0. The van der Waals surface area contributed by atoms with Crippen molar-refractivity contribution in [1.29, 1.82) is 5.26 Å². The highest BCUT2D eigenvalue weighted by Crippen LogP contribution is 2.30. The number of hydrogen-bond acceptors (Lipinski definition) is 1. The average molecular weight is 84.1 g/mol. The second-order valence-corrected chi connectivity index (χ2v) is 1.29. The Morgan fingerprint density at radius 1 is 1.83 bits per heavy atom. The molecule has 0 saturated heterocycles. The lowest BCUT2D eigenvalue weighted by molar-refractivity contribution is 0.474. The molecule has 1 saturated carbocycles. The van der Waals surface area contributed by atoms with Crippen LogP contribution < -0.4 is 0 Å². The minimum Gasteiger partial charge on any atom is -0.246 e. The van der Waals surface area contributed by atoms with Crippen molar-refractivity contribution in [3.05, 3.63) is 6.42 Å². The molecule has 2 atom stereocenters. The van der Waals surface area contributed by atoms with Crippen LogP contribution in [0.25, 0.3) is 0 Å². The highest BCUT2D eigenvalue weighted by molar-refractivity contribution is 5.17. The second kappa shape index (κ2) is 0.939. The zero-order valence-electron chi connectivity index (χ0n) is 3.06. The zero-order chi connectivity index (χ0) is 4.57. The molecule has 0 spiro atoms. The molecule has 0 aliphatic heterocycles. The molecule has 0 aromatic rings. The van der Waals surface area contributed by atoms with Crippen LogP contribution in [0.5, 0.6) is 0 Å². The van der Waals surface area contributed by atoms with Gasteiger partial charge in [-0.1, -0.05) is 0 Å². The quantitative estimate of drug-likeness (QED) is 0.423. The van der Waals surface area contributed by atoms with Crippen LogP contribution in [-0.4, -0.2) is 6.17 Å². The molecule has 1 nitrogen and oxygen atoms in total. The first-order chi connectivity index (χ1) is 2.84. The summed E-state index contributed by atoms with van der Waals surface area (Å²) in [6, 6.07) is 1.76. The van der Waals surface area contributed by atoms with E-state index in [2.05, 4.69) is 0 Å². The minimum atomic E-state index is -0.921. The Bertz CT molecular complexity index is 94.2. The van der Waals surface area contributed by atoms with Gasteiger partial charge in [-0.15, -0.1) is 0 Å². The van der Waals surface area contributed by atoms with Crippen molar-refractivity contribution in [2.75, 3.05) is 0 Å². The molecule has 1 radical (unpaired) electrons. The molecule has 1 aliphatic rings. The lowest BCUT2D eigenvalue weighted by Crippen LogP contribution is -1.68. The van der Waals surface area contributed by atoms with Crippen molar-refractivity contribution in [2.45, 2.75) is 6.17 Å². The third-order valence-corrected chi connectivity index (χ3v) is 0.742. The molecule has 0 N–H and O–H groups in total. The van der Waals surface area contributed by atoms with Crippen molar-refractivity contribution in [3.8, 4) is 6.07 Å². The van der Waals surface area contributed by atoms with Crippen LogP contribution in [0, 0.1) is 23.7 Å². The summed E-state index contributed by atoms with van der Waals surface area (Å²) in [6.07, 6.45) is 0.440. The third-order valence-electron chi connectivity index (χ3n) is 0.742. The van der Waals surface area contributed by atoms with E-state index < -0.39 is 6.17 Å². The highest BCUT2D eigenvalue weighted by Gasteiger charge is 2.37. The Morgan fingerprint density at radius 3 is 2.33 bits per heavy atom. The van der Waals surface area contributed by atoms with Gasteiger partial charge in [-0.2, -0.15) is 5.26 Å². The lowest BCUT2D eigenvalue weighted by Gasteiger charge is -1.61. The monoisotopic (exact) mass is 84.0 g/mol. The Labute approximate surface area is 35.4 Å². The molecule has 0 aromatic carbocycles. The summed E-state index contributed by atoms with van der Waals surface area (Å²) in [5.74, 6) is -0.384. The van der Waals surface area contributed by atoms with Crippen LogP contribution in [-0.2, 0) is 0 Å². The van der Waals surface area contributed by atoms with Gasteiger partial charge in [0.1, 0.15) is 6.17 Å². The zero-order valence-corrected chi connectivity index (χ0v) is 3.06. The molecule has 1 fully saturated rings. The topological polar surface area (TPSA) is 23.8 Å². The van der Waals surface area contributed by atoms with Crippen molar-refractivity contribution in [1.82, 2.24) is 0 Å². The molecule has 2 unspecified atom stereocenters. The molecule has 0 bridgehead atoms. The number of nitriles is 1. The van der Waals surface area contributed by atoms with Gasteiger partial charge in [0, 0.05) is 6.42 Å². The number of rotatable bonds is 0. The van der Waals surface area contributed by atoms with Gasteiger partial charge >= 0.3 is 0 Å². The maximum Gasteiger partial charge on any atom is 0.121 e. The number of hydrogen-bond donors (Lipinski definition) is 0. The summed E-state index contributed by atoms with van der Waals surface area (Å²) in [4.78, 5) is 0. The first-order valence-electron chi connectivity index (χ1n) is 1.73. The maximum absolute atomic E-state index is 11.5. The van der Waals surface area contributed by atoms with E-state index in [1.165, 1.54) is 6.42 Å². The summed E-state index contributed by atoms with van der Waals surface area (Å²) in [5.41, 5.74) is 0. The van der Waals surface area contributed by atoms with Gasteiger partial charge in [0.15, 0.2) is 0 Å². The number of nitrogens with zero attached hydrogens (tertiary/aromatic N) is 1. The largest absolute Gasteiger partial charge is 0.246 e. The van der Waals surface area contributed by atoms with Crippen LogP contribution >= 0.6 is 0 Å². The Morgan fingerprint density at radius 2 is 2.33 bits per heavy atom. The van der Waals surface area contributed by atoms with Gasteiger partial charge in [0.2, 0.25) is 0 Å².